The minimum Gasteiger partial charge on any atom is -0.475 e. The zero-order chi connectivity index (χ0) is 31.7. The molecule has 2 heterocycles. The third kappa shape index (κ3) is 8.82. The maximum atomic E-state index is 12.9. The second-order valence-corrected chi connectivity index (χ2v) is 9.95. The summed E-state index contributed by atoms with van der Waals surface area (Å²) in [5, 5.41) is 20.6. The highest BCUT2D eigenvalue weighted by molar-refractivity contribution is 6.33. The van der Waals surface area contributed by atoms with Gasteiger partial charge in [-0.2, -0.15) is 18.3 Å². The minimum atomic E-state index is -5.08. The normalized spacial score (nSPS) is 13.0. The number of nitrogens with zero attached hydrogens (tertiary/aromatic N) is 3. The number of carbonyl (C=O) groups is 2. The molecule has 5 rings (SSSR count). The third-order valence-corrected chi connectivity index (χ3v) is 6.79. The third-order valence-electron chi connectivity index (χ3n) is 6.43. The quantitative estimate of drug-likeness (QED) is 0.228. The number of carboxylic acids is 1. The first-order chi connectivity index (χ1) is 21.0. The topological polar surface area (TPSA) is 129 Å². The first-order valence-corrected chi connectivity index (χ1v) is 13.7. The molecule has 10 nitrogen and oxygen atoms in total. The highest BCUT2D eigenvalue weighted by Gasteiger charge is 2.38. The van der Waals surface area contributed by atoms with Gasteiger partial charge in [0.1, 0.15) is 5.02 Å². The molecule has 1 saturated heterocycles. The molecule has 2 amide bonds. The van der Waals surface area contributed by atoms with Crippen molar-refractivity contribution in [3.05, 3.63) is 106 Å². The fraction of sp³-hybridized carbons (Fsp3) is 0.200. The molecule has 4 aromatic rings. The summed E-state index contributed by atoms with van der Waals surface area (Å²) in [6.07, 6.45) is -3.44. The number of piperazine rings is 1. The van der Waals surface area contributed by atoms with Gasteiger partial charge in [-0.3, -0.25) is 4.79 Å². The summed E-state index contributed by atoms with van der Waals surface area (Å²) in [4.78, 5) is 36.4. The summed E-state index contributed by atoms with van der Waals surface area (Å²) in [5.41, 5.74) is 4.61. The van der Waals surface area contributed by atoms with E-state index < -0.39 is 12.1 Å². The molecule has 0 bridgehead atoms. The summed E-state index contributed by atoms with van der Waals surface area (Å²) in [5.74, 6) is -2.76. The van der Waals surface area contributed by atoms with Gasteiger partial charge in [0.25, 0.3) is 5.56 Å². The predicted octanol–water partition coefficient (Wildman–Crippen LogP) is 5.30. The number of aliphatic carboxylic acids is 1. The number of hydrogen-bond donors (Lipinski definition) is 4. The van der Waals surface area contributed by atoms with E-state index in [4.69, 9.17) is 21.5 Å². The van der Waals surface area contributed by atoms with Crippen LogP contribution in [-0.2, 0) is 11.3 Å². The fourth-order valence-electron chi connectivity index (χ4n) is 4.29. The summed E-state index contributed by atoms with van der Waals surface area (Å²) < 4.78 is 33.1. The van der Waals surface area contributed by atoms with E-state index in [0.29, 0.717) is 17.1 Å². The number of amides is 2. The Morgan fingerprint density at radius 3 is 2.16 bits per heavy atom. The Kier molecular flexibility index (Phi) is 10.6. The van der Waals surface area contributed by atoms with Crippen molar-refractivity contribution in [3.8, 4) is 11.1 Å². The van der Waals surface area contributed by atoms with E-state index in [1.165, 1.54) is 4.68 Å². The van der Waals surface area contributed by atoms with Gasteiger partial charge in [-0.05, 0) is 41.0 Å². The zero-order valence-corrected chi connectivity index (χ0v) is 23.9. The molecule has 44 heavy (non-hydrogen) atoms. The van der Waals surface area contributed by atoms with Crippen LogP contribution in [0.1, 0.15) is 5.56 Å². The minimum absolute atomic E-state index is 0.170. The Bertz CT molecular complexity index is 1640. The van der Waals surface area contributed by atoms with Crippen LogP contribution in [0.4, 0.5) is 35.0 Å². The largest absolute Gasteiger partial charge is 0.490 e. The van der Waals surface area contributed by atoms with Crippen LogP contribution in [0, 0.1) is 0 Å². The molecule has 0 spiro atoms. The van der Waals surface area contributed by atoms with Gasteiger partial charge in [-0.15, -0.1) is 0 Å². The molecular formula is C30H28ClF3N6O4. The Morgan fingerprint density at radius 2 is 1.52 bits per heavy atom. The monoisotopic (exact) mass is 628 g/mol. The van der Waals surface area contributed by atoms with E-state index in [-0.39, 0.29) is 23.2 Å². The number of benzene rings is 3. The molecule has 0 unspecified atom stereocenters. The van der Waals surface area contributed by atoms with Gasteiger partial charge >= 0.3 is 18.2 Å². The van der Waals surface area contributed by atoms with Crippen LogP contribution in [0.25, 0.3) is 11.1 Å². The lowest BCUT2D eigenvalue weighted by atomic mass is 10.1. The molecule has 14 heteroatoms. The van der Waals surface area contributed by atoms with Crippen LogP contribution >= 0.6 is 11.6 Å². The SMILES string of the molecule is O=C(Nc1ccc(-c2ccccc2)cc1)Nc1cccc(Cn2ncc(N3CCNCC3)c(Cl)c2=O)c1.O=C(O)C(F)(F)F. The maximum Gasteiger partial charge on any atom is 0.490 e. The van der Waals surface area contributed by atoms with Crippen LogP contribution in [-0.4, -0.2) is 59.2 Å². The van der Waals surface area contributed by atoms with Gasteiger partial charge in [0, 0.05) is 37.6 Å². The van der Waals surface area contributed by atoms with Crippen molar-refractivity contribution in [3.63, 3.8) is 0 Å². The van der Waals surface area contributed by atoms with E-state index in [1.807, 2.05) is 72.8 Å². The first-order valence-electron chi connectivity index (χ1n) is 13.3. The van der Waals surface area contributed by atoms with Crippen LogP contribution in [0.3, 0.4) is 0 Å². The standard InChI is InChI=1S/C28H27ClN6O2.C2HF3O2/c29-26-25(34-15-13-30-14-16-34)18-31-35(27(26)36)19-20-5-4-8-24(17-20)33-28(37)32-23-11-9-22(10-12-23)21-6-2-1-3-7-21;3-2(4,5)1(6)7/h1-12,17-18,30H,13-16,19H2,(H2,32,33,37);(H,6,7). The molecular weight excluding hydrogens is 601 g/mol. The molecule has 230 valence electrons. The van der Waals surface area contributed by atoms with Crippen molar-refractivity contribution in [1.82, 2.24) is 15.1 Å². The number of carboxylic acid groups (broad SMARTS) is 1. The van der Waals surface area contributed by atoms with Crippen molar-refractivity contribution in [2.24, 2.45) is 0 Å². The number of anilines is 3. The molecule has 1 aliphatic heterocycles. The van der Waals surface area contributed by atoms with Crippen molar-refractivity contribution in [2.75, 3.05) is 41.7 Å². The lowest BCUT2D eigenvalue weighted by Gasteiger charge is -2.29. The second kappa shape index (κ2) is 14.5. The molecule has 0 saturated carbocycles. The second-order valence-electron chi connectivity index (χ2n) is 9.57. The van der Waals surface area contributed by atoms with E-state index in [0.717, 1.165) is 42.9 Å². The highest BCUT2D eigenvalue weighted by Crippen LogP contribution is 2.23. The molecule has 0 atom stereocenters. The van der Waals surface area contributed by atoms with Crippen molar-refractivity contribution >= 4 is 40.7 Å². The highest BCUT2D eigenvalue weighted by atomic mass is 35.5. The number of hydrogen-bond acceptors (Lipinski definition) is 6. The number of nitrogens with one attached hydrogen (secondary N) is 3. The van der Waals surface area contributed by atoms with Crippen LogP contribution in [0.2, 0.25) is 5.02 Å². The van der Waals surface area contributed by atoms with Crippen LogP contribution in [0.5, 0.6) is 0 Å². The Hall–Kier alpha value is -4.88. The molecule has 4 N–H and O–H groups in total. The number of carbonyl (C=O) groups excluding carboxylic acids is 1. The number of aromatic nitrogens is 2. The van der Waals surface area contributed by atoms with E-state index >= 15 is 0 Å². The van der Waals surface area contributed by atoms with E-state index in [9.17, 15) is 22.8 Å². The Labute approximate surface area is 255 Å². The summed E-state index contributed by atoms with van der Waals surface area (Å²) >= 11 is 6.42. The Morgan fingerprint density at radius 1 is 0.909 bits per heavy atom. The zero-order valence-electron chi connectivity index (χ0n) is 23.1. The Balaban J connectivity index is 0.000000566. The fourth-order valence-corrected chi connectivity index (χ4v) is 4.55. The number of urea groups is 1. The smallest absolute Gasteiger partial charge is 0.475 e. The van der Waals surface area contributed by atoms with Gasteiger partial charge < -0.3 is 26.0 Å². The summed E-state index contributed by atoms with van der Waals surface area (Å²) in [7, 11) is 0. The molecule has 1 aliphatic rings. The van der Waals surface area contributed by atoms with E-state index in [2.05, 4.69) is 25.9 Å². The molecule has 3 aromatic carbocycles. The van der Waals surface area contributed by atoms with Crippen molar-refractivity contribution < 1.29 is 27.9 Å². The summed E-state index contributed by atoms with van der Waals surface area (Å²) in [6, 6.07) is 24.6. The lowest BCUT2D eigenvalue weighted by Crippen LogP contribution is -2.44. The van der Waals surface area contributed by atoms with Crippen molar-refractivity contribution in [2.45, 2.75) is 12.7 Å². The van der Waals surface area contributed by atoms with Gasteiger partial charge in [0.15, 0.2) is 0 Å². The lowest BCUT2D eigenvalue weighted by molar-refractivity contribution is -0.192. The van der Waals surface area contributed by atoms with Crippen molar-refractivity contribution in [1.29, 1.82) is 0 Å². The molecule has 1 fully saturated rings. The van der Waals surface area contributed by atoms with Gasteiger partial charge in [-0.25, -0.2) is 14.3 Å². The van der Waals surface area contributed by atoms with Crippen LogP contribution < -0.4 is 26.4 Å². The predicted molar refractivity (Wildman–Crippen MR) is 162 cm³/mol. The van der Waals surface area contributed by atoms with Crippen LogP contribution in [0.15, 0.2) is 89.9 Å². The number of alkyl halides is 3. The average molecular weight is 629 g/mol. The summed E-state index contributed by atoms with van der Waals surface area (Å²) in [6.45, 7) is 3.46. The number of rotatable bonds is 6. The van der Waals surface area contributed by atoms with E-state index in [1.54, 1.807) is 12.3 Å². The average Bonchev–Trinajstić information content (AvgIpc) is 3.01. The van der Waals surface area contributed by atoms with Gasteiger partial charge in [0.05, 0.1) is 18.4 Å². The molecule has 1 aromatic heterocycles. The van der Waals surface area contributed by atoms with Gasteiger partial charge in [-0.1, -0.05) is 66.2 Å². The van der Waals surface area contributed by atoms with Gasteiger partial charge in [0.2, 0.25) is 0 Å². The molecule has 0 radical (unpaired) electrons. The number of halogens is 4. The maximum absolute atomic E-state index is 12.9. The molecule has 0 aliphatic carbocycles. The first kappa shape index (κ1) is 32.0.